The van der Waals surface area contributed by atoms with E-state index in [2.05, 4.69) is 5.32 Å². The molecular formula is C10H20N2O2S. The number of nitrogens with two attached hydrogens (primary N) is 1. The fourth-order valence-electron chi connectivity index (χ4n) is 1.12. The summed E-state index contributed by atoms with van der Waals surface area (Å²) in [6.07, 6.45) is 0.347. The van der Waals surface area contributed by atoms with Crippen molar-refractivity contribution >= 4 is 23.1 Å². The van der Waals surface area contributed by atoms with Crippen LogP contribution in [0.5, 0.6) is 0 Å². The van der Waals surface area contributed by atoms with E-state index < -0.39 is 0 Å². The summed E-state index contributed by atoms with van der Waals surface area (Å²) >= 11 is 4.88. The first-order valence-electron chi connectivity index (χ1n) is 5.15. The lowest BCUT2D eigenvalue weighted by atomic mass is 10.0. The van der Waals surface area contributed by atoms with Crippen LogP contribution in [0, 0.1) is 5.92 Å². The van der Waals surface area contributed by atoms with Gasteiger partial charge in [-0.2, -0.15) is 0 Å². The Morgan fingerprint density at radius 1 is 1.53 bits per heavy atom. The number of nitrogens with one attached hydrogen (secondary N) is 1. The molecule has 15 heavy (non-hydrogen) atoms. The second kappa shape index (κ2) is 7.59. The van der Waals surface area contributed by atoms with E-state index in [1.807, 2.05) is 20.8 Å². The summed E-state index contributed by atoms with van der Waals surface area (Å²) < 4.78 is 5.08. The third-order valence-corrected chi connectivity index (χ3v) is 2.22. The molecule has 1 amide bonds. The minimum Gasteiger partial charge on any atom is -0.392 e. The van der Waals surface area contributed by atoms with E-state index >= 15 is 0 Å². The van der Waals surface area contributed by atoms with Gasteiger partial charge in [0.25, 0.3) is 0 Å². The van der Waals surface area contributed by atoms with Crippen molar-refractivity contribution in [2.45, 2.75) is 33.2 Å². The van der Waals surface area contributed by atoms with Gasteiger partial charge in [0.2, 0.25) is 5.91 Å². The van der Waals surface area contributed by atoms with Crippen molar-refractivity contribution in [3.8, 4) is 0 Å². The number of hydrogen-bond donors (Lipinski definition) is 2. The Morgan fingerprint density at radius 2 is 2.13 bits per heavy atom. The summed E-state index contributed by atoms with van der Waals surface area (Å²) in [6.45, 7) is 6.88. The number of rotatable bonds is 7. The van der Waals surface area contributed by atoms with Crippen LogP contribution in [0.15, 0.2) is 0 Å². The Morgan fingerprint density at radius 3 is 2.53 bits per heavy atom. The van der Waals surface area contributed by atoms with Crippen molar-refractivity contribution in [2.75, 3.05) is 13.2 Å². The van der Waals surface area contributed by atoms with Gasteiger partial charge >= 0.3 is 0 Å². The van der Waals surface area contributed by atoms with Crippen LogP contribution in [0.2, 0.25) is 0 Å². The summed E-state index contributed by atoms with van der Waals surface area (Å²) in [5.74, 6) is 0.133. The monoisotopic (exact) mass is 232 g/mol. The number of thiocarbonyl (C=S) groups is 1. The first-order valence-corrected chi connectivity index (χ1v) is 5.56. The van der Waals surface area contributed by atoms with Crippen molar-refractivity contribution < 1.29 is 9.53 Å². The second-order valence-electron chi connectivity index (χ2n) is 3.64. The van der Waals surface area contributed by atoms with E-state index in [0.717, 1.165) is 0 Å². The maximum absolute atomic E-state index is 11.4. The number of hydrogen-bond acceptors (Lipinski definition) is 3. The van der Waals surface area contributed by atoms with Crippen molar-refractivity contribution in [3.63, 3.8) is 0 Å². The molecule has 0 heterocycles. The Balaban J connectivity index is 3.95. The van der Waals surface area contributed by atoms with Crippen LogP contribution in [0.4, 0.5) is 0 Å². The summed E-state index contributed by atoms with van der Waals surface area (Å²) in [6, 6.07) is -0.228. The Hall–Kier alpha value is -0.680. The lowest BCUT2D eigenvalue weighted by molar-refractivity contribution is -0.122. The quantitative estimate of drug-likeness (QED) is 0.504. The van der Waals surface area contributed by atoms with Gasteiger partial charge in [-0.05, 0) is 12.8 Å². The van der Waals surface area contributed by atoms with Crippen molar-refractivity contribution in [3.05, 3.63) is 0 Å². The predicted molar refractivity (Wildman–Crippen MR) is 64.7 cm³/mol. The zero-order valence-electron chi connectivity index (χ0n) is 9.58. The summed E-state index contributed by atoms with van der Waals surface area (Å²) in [5, 5.41) is 2.79. The Bertz CT molecular complexity index is 219. The smallest absolute Gasteiger partial charge is 0.222 e. The first kappa shape index (κ1) is 14.3. The van der Waals surface area contributed by atoms with Crippen molar-refractivity contribution in [2.24, 2.45) is 11.7 Å². The molecule has 0 spiro atoms. The molecule has 0 fully saturated rings. The average molecular weight is 232 g/mol. The molecular weight excluding hydrogens is 212 g/mol. The molecule has 0 saturated heterocycles. The predicted octanol–water partition coefficient (Wildman–Crippen LogP) is 0.840. The van der Waals surface area contributed by atoms with E-state index in [0.29, 0.717) is 24.6 Å². The van der Waals surface area contributed by atoms with Gasteiger partial charge in [0.15, 0.2) is 0 Å². The van der Waals surface area contributed by atoms with Gasteiger partial charge in [-0.3, -0.25) is 4.79 Å². The largest absolute Gasteiger partial charge is 0.392 e. The van der Waals surface area contributed by atoms with Gasteiger partial charge < -0.3 is 15.8 Å². The molecule has 5 heteroatoms. The molecule has 3 N–H and O–H groups in total. The minimum absolute atomic E-state index is 0.0741. The third-order valence-electron chi connectivity index (χ3n) is 1.97. The van der Waals surface area contributed by atoms with Crippen LogP contribution < -0.4 is 11.1 Å². The molecule has 1 unspecified atom stereocenters. The van der Waals surface area contributed by atoms with E-state index in [4.69, 9.17) is 22.7 Å². The van der Waals surface area contributed by atoms with Crippen molar-refractivity contribution in [1.29, 1.82) is 0 Å². The molecule has 88 valence electrons. The molecule has 0 aromatic rings. The highest BCUT2D eigenvalue weighted by molar-refractivity contribution is 7.80. The molecule has 1 atom stereocenters. The van der Waals surface area contributed by atoms with Gasteiger partial charge in [0.1, 0.15) is 0 Å². The number of carbonyl (C=O) groups excluding carboxylic acids is 1. The highest BCUT2D eigenvalue weighted by Crippen LogP contribution is 2.02. The van der Waals surface area contributed by atoms with Gasteiger partial charge in [0.05, 0.1) is 17.6 Å². The molecule has 0 aliphatic rings. The normalized spacial score (nSPS) is 12.5. The molecule has 0 radical (unpaired) electrons. The maximum Gasteiger partial charge on any atom is 0.222 e. The molecule has 4 nitrogen and oxygen atoms in total. The van der Waals surface area contributed by atoms with E-state index in [9.17, 15) is 4.79 Å². The van der Waals surface area contributed by atoms with E-state index in [1.54, 1.807) is 0 Å². The number of ether oxygens (including phenoxy) is 1. The Kier molecular flexibility index (Phi) is 7.25. The van der Waals surface area contributed by atoms with Crippen LogP contribution >= 0.6 is 12.2 Å². The molecule has 0 aromatic carbocycles. The van der Waals surface area contributed by atoms with Gasteiger partial charge in [-0.25, -0.2) is 0 Å². The van der Waals surface area contributed by atoms with Crippen LogP contribution in [-0.4, -0.2) is 30.2 Å². The lowest BCUT2D eigenvalue weighted by Crippen LogP contribution is -2.47. The fraction of sp³-hybridized carbons (Fsp3) is 0.800. The summed E-state index contributed by atoms with van der Waals surface area (Å²) in [4.78, 5) is 11.8. The van der Waals surface area contributed by atoms with Crippen LogP contribution in [0.1, 0.15) is 27.2 Å². The van der Waals surface area contributed by atoms with E-state index in [-0.39, 0.29) is 17.9 Å². The van der Waals surface area contributed by atoms with Crippen LogP contribution in [0.3, 0.4) is 0 Å². The first-order chi connectivity index (χ1) is 6.99. The fourth-order valence-corrected chi connectivity index (χ4v) is 1.45. The van der Waals surface area contributed by atoms with Gasteiger partial charge in [-0.1, -0.05) is 26.1 Å². The zero-order valence-corrected chi connectivity index (χ0v) is 10.4. The maximum atomic E-state index is 11.4. The van der Waals surface area contributed by atoms with Gasteiger partial charge in [-0.15, -0.1) is 0 Å². The molecule has 0 aliphatic carbocycles. The lowest BCUT2D eigenvalue weighted by Gasteiger charge is -2.20. The molecule has 0 bridgehead atoms. The zero-order chi connectivity index (χ0) is 11.8. The van der Waals surface area contributed by atoms with Crippen LogP contribution in [-0.2, 0) is 9.53 Å². The summed E-state index contributed by atoms with van der Waals surface area (Å²) in [7, 11) is 0. The van der Waals surface area contributed by atoms with Crippen molar-refractivity contribution in [1.82, 2.24) is 5.32 Å². The molecule has 0 aromatic heterocycles. The third kappa shape index (κ3) is 6.41. The second-order valence-corrected chi connectivity index (χ2v) is 4.11. The standard InChI is InChI=1S/C10H20N2O2S/c1-4-14-6-5-8(13)12-9(7(2)3)10(11)15/h7,9H,4-6H2,1-3H3,(H2,11,15)(H,12,13). The Labute approximate surface area is 96.5 Å². The van der Waals surface area contributed by atoms with E-state index in [1.165, 1.54) is 0 Å². The van der Waals surface area contributed by atoms with Crippen LogP contribution in [0.25, 0.3) is 0 Å². The highest BCUT2D eigenvalue weighted by atomic mass is 32.1. The minimum atomic E-state index is -0.228. The highest BCUT2D eigenvalue weighted by Gasteiger charge is 2.18. The molecule has 0 aliphatic heterocycles. The van der Waals surface area contributed by atoms with Gasteiger partial charge in [0, 0.05) is 13.0 Å². The summed E-state index contributed by atoms with van der Waals surface area (Å²) in [5.41, 5.74) is 5.53. The average Bonchev–Trinajstić information content (AvgIpc) is 2.13. The molecule has 0 saturated carbocycles. The topological polar surface area (TPSA) is 64.3 Å². The number of amides is 1. The SMILES string of the molecule is CCOCCC(=O)NC(C(N)=S)C(C)C. The molecule has 0 rings (SSSR count). The number of carbonyl (C=O) groups is 1.